The SMILES string of the molecule is COC(=O)c1ccc(Nc2ncc(C(F)(F)F)c(N3OCC[C@H]3c3ccccc3)n2)c2c1OCCO2. The number of hydroxylamine groups is 1. The molecular weight excluding hydrogens is 481 g/mol. The summed E-state index contributed by atoms with van der Waals surface area (Å²) in [7, 11) is 1.24. The second-order valence-corrected chi connectivity index (χ2v) is 7.94. The lowest BCUT2D eigenvalue weighted by atomic mass is 10.0. The van der Waals surface area contributed by atoms with Gasteiger partial charge in [-0.05, 0) is 17.7 Å². The Hall–Kier alpha value is -4.06. The Morgan fingerprint density at radius 3 is 2.56 bits per heavy atom. The second kappa shape index (κ2) is 9.53. The molecule has 0 radical (unpaired) electrons. The van der Waals surface area contributed by atoms with Crippen molar-refractivity contribution in [2.75, 3.05) is 37.3 Å². The van der Waals surface area contributed by atoms with Gasteiger partial charge < -0.3 is 19.5 Å². The van der Waals surface area contributed by atoms with E-state index in [9.17, 15) is 18.0 Å². The number of hydrogen-bond acceptors (Lipinski definition) is 9. The Morgan fingerprint density at radius 2 is 1.83 bits per heavy atom. The quantitative estimate of drug-likeness (QED) is 0.499. The van der Waals surface area contributed by atoms with Crippen LogP contribution < -0.4 is 19.9 Å². The molecule has 9 nitrogen and oxygen atoms in total. The number of anilines is 3. The molecule has 5 rings (SSSR count). The van der Waals surface area contributed by atoms with Crippen molar-refractivity contribution >= 4 is 23.4 Å². The number of carbonyl (C=O) groups excluding carboxylic acids is 1. The average molecular weight is 502 g/mol. The minimum absolute atomic E-state index is 0.123. The van der Waals surface area contributed by atoms with Crippen molar-refractivity contribution in [3.05, 3.63) is 65.4 Å². The van der Waals surface area contributed by atoms with Crippen molar-refractivity contribution in [1.29, 1.82) is 0 Å². The van der Waals surface area contributed by atoms with Crippen molar-refractivity contribution in [2.45, 2.75) is 18.6 Å². The van der Waals surface area contributed by atoms with Gasteiger partial charge in [0.2, 0.25) is 5.95 Å². The lowest BCUT2D eigenvalue weighted by Crippen LogP contribution is -2.26. The van der Waals surface area contributed by atoms with Gasteiger partial charge in [-0.25, -0.2) is 14.8 Å². The van der Waals surface area contributed by atoms with Crippen molar-refractivity contribution in [3.63, 3.8) is 0 Å². The number of ether oxygens (including phenoxy) is 3. The fraction of sp³-hybridized carbons (Fsp3) is 0.292. The zero-order valence-electron chi connectivity index (χ0n) is 19.0. The van der Waals surface area contributed by atoms with E-state index in [1.165, 1.54) is 24.3 Å². The summed E-state index contributed by atoms with van der Waals surface area (Å²) in [5, 5.41) is 4.07. The number of carbonyl (C=O) groups is 1. The maximum Gasteiger partial charge on any atom is 0.421 e. The summed E-state index contributed by atoms with van der Waals surface area (Å²) in [4.78, 5) is 25.8. The van der Waals surface area contributed by atoms with Crippen LogP contribution in [-0.2, 0) is 15.8 Å². The molecule has 0 aliphatic carbocycles. The lowest BCUT2D eigenvalue weighted by Gasteiger charge is -2.27. The summed E-state index contributed by atoms with van der Waals surface area (Å²) in [5.41, 5.74) is 0.237. The summed E-state index contributed by atoms with van der Waals surface area (Å²) < 4.78 is 57.8. The van der Waals surface area contributed by atoms with E-state index < -0.39 is 29.6 Å². The molecule has 188 valence electrons. The summed E-state index contributed by atoms with van der Waals surface area (Å²) in [6, 6.07) is 11.6. The van der Waals surface area contributed by atoms with Crippen LogP contribution in [0.5, 0.6) is 11.5 Å². The molecule has 1 N–H and O–H groups in total. The maximum absolute atomic E-state index is 13.9. The van der Waals surface area contributed by atoms with Crippen molar-refractivity contribution in [3.8, 4) is 11.5 Å². The van der Waals surface area contributed by atoms with Gasteiger partial charge >= 0.3 is 12.1 Å². The molecule has 2 aromatic carbocycles. The second-order valence-electron chi connectivity index (χ2n) is 7.94. The van der Waals surface area contributed by atoms with Crippen LogP contribution in [-0.4, -0.2) is 42.9 Å². The molecular formula is C24H21F3N4O5. The van der Waals surface area contributed by atoms with Gasteiger partial charge in [0, 0.05) is 12.6 Å². The highest BCUT2D eigenvalue weighted by Crippen LogP contribution is 2.44. The van der Waals surface area contributed by atoms with Crippen LogP contribution in [0.2, 0.25) is 0 Å². The fourth-order valence-electron chi connectivity index (χ4n) is 4.08. The standard InChI is InChI=1S/C24H21F3N4O5/c1-33-22(32)15-7-8-17(20-19(15)34-11-12-35-20)29-23-28-13-16(24(25,26)27)21(30-23)31-18(9-10-36-31)14-5-3-2-4-6-14/h2-8,13,18H,9-12H2,1H3,(H,28,29,30)/t18-/m0/s1. The minimum Gasteiger partial charge on any atom is -0.485 e. The molecule has 3 aromatic rings. The Morgan fingerprint density at radius 1 is 1.08 bits per heavy atom. The molecule has 0 unspecified atom stereocenters. The van der Waals surface area contributed by atoms with Crippen LogP contribution >= 0.6 is 0 Å². The van der Waals surface area contributed by atoms with Gasteiger partial charge in [0.1, 0.15) is 24.3 Å². The van der Waals surface area contributed by atoms with Crippen molar-refractivity contribution in [2.24, 2.45) is 0 Å². The number of rotatable bonds is 5. The van der Waals surface area contributed by atoms with Gasteiger partial charge in [-0.15, -0.1) is 0 Å². The number of aromatic nitrogens is 2. The smallest absolute Gasteiger partial charge is 0.421 e. The molecule has 12 heteroatoms. The van der Waals surface area contributed by atoms with Crippen molar-refractivity contribution in [1.82, 2.24) is 9.97 Å². The lowest BCUT2D eigenvalue weighted by molar-refractivity contribution is -0.138. The van der Waals surface area contributed by atoms with E-state index in [0.29, 0.717) is 18.3 Å². The topological polar surface area (TPSA) is 95.0 Å². The number of benzene rings is 2. The largest absolute Gasteiger partial charge is 0.485 e. The third-order valence-corrected chi connectivity index (χ3v) is 5.71. The van der Waals surface area contributed by atoms with Crippen LogP contribution in [0, 0.1) is 0 Å². The molecule has 2 aliphatic rings. The summed E-state index contributed by atoms with van der Waals surface area (Å²) in [6.45, 7) is 0.664. The van der Waals surface area contributed by atoms with Crippen LogP contribution in [0.3, 0.4) is 0 Å². The summed E-state index contributed by atoms with van der Waals surface area (Å²) >= 11 is 0. The molecule has 0 saturated carbocycles. The Balaban J connectivity index is 1.53. The number of methoxy groups -OCH3 is 1. The van der Waals surface area contributed by atoms with Crippen molar-refractivity contribution < 1.29 is 37.0 Å². The fourth-order valence-corrected chi connectivity index (χ4v) is 4.08. The van der Waals surface area contributed by atoms with E-state index in [-0.39, 0.29) is 42.8 Å². The molecule has 3 heterocycles. The number of halogens is 3. The van der Waals surface area contributed by atoms with E-state index in [0.717, 1.165) is 5.56 Å². The van der Waals surface area contributed by atoms with Gasteiger partial charge in [-0.3, -0.25) is 4.84 Å². The zero-order valence-corrected chi connectivity index (χ0v) is 19.0. The first-order valence-electron chi connectivity index (χ1n) is 11.1. The van der Waals surface area contributed by atoms with Crippen LogP contribution in [0.1, 0.15) is 33.9 Å². The highest BCUT2D eigenvalue weighted by atomic mass is 19.4. The van der Waals surface area contributed by atoms with Gasteiger partial charge in [0.05, 0.1) is 25.4 Å². The Labute approximate surface area is 203 Å². The van der Waals surface area contributed by atoms with Gasteiger partial charge in [-0.1, -0.05) is 30.3 Å². The molecule has 2 aliphatic heterocycles. The predicted octanol–water partition coefficient (Wildman–Crippen LogP) is 4.68. The van der Waals surface area contributed by atoms with E-state index in [1.54, 1.807) is 0 Å². The molecule has 1 atom stereocenters. The molecule has 36 heavy (non-hydrogen) atoms. The van der Waals surface area contributed by atoms with Crippen LogP contribution in [0.4, 0.5) is 30.6 Å². The number of esters is 1. The monoisotopic (exact) mass is 502 g/mol. The number of nitrogens with zero attached hydrogens (tertiary/aromatic N) is 3. The van der Waals surface area contributed by atoms with Crippen LogP contribution in [0.25, 0.3) is 0 Å². The average Bonchev–Trinajstić information content (AvgIpc) is 3.38. The van der Waals surface area contributed by atoms with E-state index >= 15 is 0 Å². The molecule has 0 amide bonds. The number of hydrogen-bond donors (Lipinski definition) is 1. The summed E-state index contributed by atoms with van der Waals surface area (Å²) in [6.07, 6.45) is -3.51. The Bertz CT molecular complexity index is 1270. The Kier molecular flexibility index (Phi) is 6.27. The highest BCUT2D eigenvalue weighted by molar-refractivity contribution is 5.95. The first kappa shape index (κ1) is 23.7. The van der Waals surface area contributed by atoms with Gasteiger partial charge in [0.15, 0.2) is 17.3 Å². The number of nitrogens with one attached hydrogen (secondary N) is 1. The zero-order chi connectivity index (χ0) is 25.3. The maximum atomic E-state index is 13.9. The highest BCUT2D eigenvalue weighted by Gasteiger charge is 2.40. The molecule has 1 fully saturated rings. The summed E-state index contributed by atoms with van der Waals surface area (Å²) in [5.74, 6) is -0.786. The predicted molar refractivity (Wildman–Crippen MR) is 121 cm³/mol. The number of fused-ring (bicyclic) bond motifs is 1. The third kappa shape index (κ3) is 4.47. The normalized spacial score (nSPS) is 17.1. The van der Waals surface area contributed by atoms with Crippen LogP contribution in [0.15, 0.2) is 48.7 Å². The molecule has 0 bridgehead atoms. The molecule has 1 aromatic heterocycles. The number of alkyl halides is 3. The van der Waals surface area contributed by atoms with E-state index in [1.807, 2.05) is 30.3 Å². The van der Waals surface area contributed by atoms with Gasteiger partial charge in [-0.2, -0.15) is 18.2 Å². The minimum atomic E-state index is -4.71. The van der Waals surface area contributed by atoms with Gasteiger partial charge in [0.25, 0.3) is 0 Å². The molecule has 1 saturated heterocycles. The van der Waals surface area contributed by atoms with E-state index in [2.05, 4.69) is 15.3 Å². The first-order chi connectivity index (χ1) is 17.4. The third-order valence-electron chi connectivity index (χ3n) is 5.71. The molecule has 0 spiro atoms. The first-order valence-corrected chi connectivity index (χ1v) is 11.1. The van der Waals surface area contributed by atoms with E-state index in [4.69, 9.17) is 19.0 Å².